The number of sulfonamides is 1. The van der Waals surface area contributed by atoms with Crippen molar-refractivity contribution >= 4 is 68.0 Å². The zero-order valence-electron chi connectivity index (χ0n) is 23.0. The van der Waals surface area contributed by atoms with Crippen LogP contribution in [0.3, 0.4) is 0 Å². The normalized spacial score (nSPS) is 17.1. The van der Waals surface area contributed by atoms with Crippen molar-refractivity contribution < 1.29 is 13.2 Å². The van der Waals surface area contributed by atoms with Crippen LogP contribution in [-0.4, -0.2) is 61.3 Å². The number of amides is 1. The molecule has 0 aliphatic carbocycles. The highest BCUT2D eigenvalue weighted by Gasteiger charge is 2.32. The molecule has 3 N–H and O–H groups in total. The van der Waals surface area contributed by atoms with Crippen LogP contribution in [0, 0.1) is 5.92 Å². The SMILES string of the molecule is CCCN1CCc2ccc(S(=O)(=O)NC(Cc3cc4c(N)nccc4s3)C(=O)N3CCC(C)CC3)cc2C1.Cl.Cl. The third kappa shape index (κ3) is 7.27. The number of nitrogen functional groups attached to an aromatic ring is 1. The number of fused-ring (bicyclic) bond motifs is 2. The lowest BCUT2D eigenvalue weighted by Crippen LogP contribution is -2.51. The minimum absolute atomic E-state index is 0. The fraction of sp³-hybridized carbons (Fsp3) is 0.500. The van der Waals surface area contributed by atoms with Crippen LogP contribution >= 0.6 is 36.2 Å². The van der Waals surface area contributed by atoms with Crippen LogP contribution in [0.5, 0.6) is 0 Å². The molecule has 1 fully saturated rings. The second-order valence-electron chi connectivity index (χ2n) is 10.7. The molecule has 40 heavy (non-hydrogen) atoms. The monoisotopic (exact) mass is 627 g/mol. The quantitative estimate of drug-likeness (QED) is 0.377. The predicted octanol–water partition coefficient (Wildman–Crippen LogP) is 4.64. The van der Waals surface area contributed by atoms with Gasteiger partial charge in [0.05, 0.1) is 4.90 Å². The predicted molar refractivity (Wildman–Crippen MR) is 167 cm³/mol. The van der Waals surface area contributed by atoms with Crippen molar-refractivity contribution in [2.24, 2.45) is 5.92 Å². The van der Waals surface area contributed by atoms with Gasteiger partial charge in [0.2, 0.25) is 15.9 Å². The van der Waals surface area contributed by atoms with Gasteiger partial charge in [0.15, 0.2) is 0 Å². The Morgan fingerprint density at radius 2 is 1.90 bits per heavy atom. The molecule has 1 amide bonds. The minimum atomic E-state index is -3.92. The molecule has 220 valence electrons. The summed E-state index contributed by atoms with van der Waals surface area (Å²) in [6, 6.07) is 8.31. The molecule has 0 radical (unpaired) electrons. The van der Waals surface area contributed by atoms with Crippen LogP contribution in [0.4, 0.5) is 5.82 Å². The van der Waals surface area contributed by atoms with Gasteiger partial charge in [-0.2, -0.15) is 4.72 Å². The Morgan fingerprint density at radius 1 is 1.15 bits per heavy atom. The Balaban J connectivity index is 0.00000220. The maximum absolute atomic E-state index is 13.7. The van der Waals surface area contributed by atoms with E-state index in [2.05, 4.69) is 28.5 Å². The second-order valence-corrected chi connectivity index (χ2v) is 13.5. The highest BCUT2D eigenvalue weighted by molar-refractivity contribution is 7.89. The minimum Gasteiger partial charge on any atom is -0.383 e. The lowest BCUT2D eigenvalue weighted by Gasteiger charge is -2.33. The van der Waals surface area contributed by atoms with E-state index in [1.54, 1.807) is 18.3 Å². The first-order valence-corrected chi connectivity index (χ1v) is 15.8. The molecule has 0 spiro atoms. The van der Waals surface area contributed by atoms with Gasteiger partial charge in [0.1, 0.15) is 11.9 Å². The number of halogens is 2. The first-order chi connectivity index (χ1) is 18.2. The Hall–Kier alpha value is -1.95. The van der Waals surface area contributed by atoms with E-state index in [-0.39, 0.29) is 42.0 Å². The molecule has 3 aromatic rings. The van der Waals surface area contributed by atoms with Gasteiger partial charge in [0.25, 0.3) is 0 Å². The van der Waals surface area contributed by atoms with E-state index in [0.717, 1.165) is 65.8 Å². The molecule has 1 saturated heterocycles. The van der Waals surface area contributed by atoms with E-state index >= 15 is 0 Å². The summed E-state index contributed by atoms with van der Waals surface area (Å²) in [6.07, 6.45) is 5.76. The molecular formula is C28H39Cl2N5O3S2. The van der Waals surface area contributed by atoms with Crippen LogP contribution < -0.4 is 10.5 Å². The second kappa shape index (κ2) is 13.8. The molecule has 2 aliphatic heterocycles. The average molecular weight is 629 g/mol. The molecule has 4 heterocycles. The fourth-order valence-corrected chi connectivity index (χ4v) is 7.84. The number of nitrogens with one attached hydrogen (secondary N) is 1. The maximum Gasteiger partial charge on any atom is 0.241 e. The molecule has 1 aromatic carbocycles. The summed E-state index contributed by atoms with van der Waals surface area (Å²) in [7, 11) is -3.92. The number of carbonyl (C=O) groups is 1. The number of pyridine rings is 1. The fourth-order valence-electron chi connectivity index (χ4n) is 5.49. The average Bonchev–Trinajstić information content (AvgIpc) is 3.32. The van der Waals surface area contributed by atoms with E-state index < -0.39 is 16.1 Å². The lowest BCUT2D eigenvalue weighted by atomic mass is 9.98. The van der Waals surface area contributed by atoms with Crippen molar-refractivity contribution in [2.45, 2.75) is 63.4 Å². The summed E-state index contributed by atoms with van der Waals surface area (Å²) in [5, 5.41) is 0.833. The Labute approximate surface area is 253 Å². The smallest absolute Gasteiger partial charge is 0.241 e. The molecule has 2 aliphatic rings. The standard InChI is InChI=1S/C28H37N5O3S2.2ClH/c1-3-11-32-12-9-20-4-5-23(15-21(20)18-32)38(35,36)31-25(28(34)33-13-7-19(2)8-14-33)17-22-16-24-26(37-22)6-10-30-27(24)29;;/h4-6,10,15-16,19,25,31H,3,7-9,11-14,17-18H2,1-2H3,(H2,29,30);2*1H. The van der Waals surface area contributed by atoms with Crippen LogP contribution in [0.15, 0.2) is 41.4 Å². The largest absolute Gasteiger partial charge is 0.383 e. The van der Waals surface area contributed by atoms with Crippen molar-refractivity contribution in [3.8, 4) is 0 Å². The third-order valence-corrected chi connectivity index (χ3v) is 10.3. The number of nitrogens with zero attached hydrogens (tertiary/aromatic N) is 3. The van der Waals surface area contributed by atoms with Gasteiger partial charge in [-0.1, -0.05) is 19.9 Å². The van der Waals surface area contributed by atoms with Crippen molar-refractivity contribution in [3.63, 3.8) is 0 Å². The van der Waals surface area contributed by atoms with Gasteiger partial charge in [-0.3, -0.25) is 9.69 Å². The molecular weight excluding hydrogens is 589 g/mol. The van der Waals surface area contributed by atoms with Gasteiger partial charge < -0.3 is 10.6 Å². The highest BCUT2D eigenvalue weighted by Crippen LogP contribution is 2.30. The lowest BCUT2D eigenvalue weighted by molar-refractivity contribution is -0.134. The van der Waals surface area contributed by atoms with E-state index in [4.69, 9.17) is 5.73 Å². The first kappa shape index (κ1) is 32.6. The van der Waals surface area contributed by atoms with Crippen molar-refractivity contribution in [1.82, 2.24) is 19.5 Å². The molecule has 0 saturated carbocycles. The number of anilines is 1. The zero-order valence-corrected chi connectivity index (χ0v) is 26.2. The topological polar surface area (TPSA) is 109 Å². The molecule has 0 bridgehead atoms. The van der Waals surface area contributed by atoms with Gasteiger partial charge in [-0.05, 0) is 73.5 Å². The summed E-state index contributed by atoms with van der Waals surface area (Å²) >= 11 is 1.52. The molecule has 5 rings (SSSR count). The molecule has 2 aromatic heterocycles. The number of thiophene rings is 1. The van der Waals surface area contributed by atoms with Gasteiger partial charge >= 0.3 is 0 Å². The number of likely N-dealkylation sites (tertiary alicyclic amines) is 1. The molecule has 12 heteroatoms. The van der Waals surface area contributed by atoms with Crippen LogP contribution in [0.25, 0.3) is 10.1 Å². The Morgan fingerprint density at radius 3 is 2.60 bits per heavy atom. The van der Waals surface area contributed by atoms with Gasteiger partial charge in [-0.25, -0.2) is 13.4 Å². The van der Waals surface area contributed by atoms with E-state index in [0.29, 0.717) is 24.8 Å². The summed E-state index contributed by atoms with van der Waals surface area (Å²) in [6.45, 7) is 8.37. The van der Waals surface area contributed by atoms with Crippen molar-refractivity contribution in [3.05, 3.63) is 52.5 Å². The number of nitrogens with two attached hydrogens (primary N) is 1. The summed E-state index contributed by atoms with van der Waals surface area (Å²) in [5.41, 5.74) is 8.30. The number of aromatic nitrogens is 1. The first-order valence-electron chi connectivity index (χ1n) is 13.5. The summed E-state index contributed by atoms with van der Waals surface area (Å²) < 4.78 is 31.1. The summed E-state index contributed by atoms with van der Waals surface area (Å²) in [5.74, 6) is 0.829. The van der Waals surface area contributed by atoms with Crippen molar-refractivity contribution in [1.29, 1.82) is 0 Å². The van der Waals surface area contributed by atoms with Gasteiger partial charge in [0, 0.05) is 53.8 Å². The van der Waals surface area contributed by atoms with Crippen LogP contribution in [-0.2, 0) is 34.2 Å². The Bertz CT molecular complexity index is 1420. The van der Waals surface area contributed by atoms with E-state index in [1.807, 2.05) is 23.1 Å². The van der Waals surface area contributed by atoms with Crippen LogP contribution in [0.1, 0.15) is 49.1 Å². The number of hydrogen-bond acceptors (Lipinski definition) is 7. The number of rotatable bonds is 8. The molecule has 1 unspecified atom stereocenters. The number of piperidine rings is 1. The van der Waals surface area contributed by atoms with Crippen LogP contribution in [0.2, 0.25) is 0 Å². The highest BCUT2D eigenvalue weighted by atomic mass is 35.5. The Kier molecular flexibility index (Phi) is 11.2. The molecule has 1 atom stereocenters. The molecule has 8 nitrogen and oxygen atoms in total. The van der Waals surface area contributed by atoms with E-state index in [1.165, 1.54) is 16.9 Å². The third-order valence-electron chi connectivity index (χ3n) is 7.74. The summed E-state index contributed by atoms with van der Waals surface area (Å²) in [4.78, 5) is 23.1. The van der Waals surface area contributed by atoms with Crippen molar-refractivity contribution in [2.75, 3.05) is 31.9 Å². The maximum atomic E-state index is 13.7. The number of hydrogen-bond donors (Lipinski definition) is 2. The van der Waals surface area contributed by atoms with E-state index in [9.17, 15) is 13.2 Å². The van der Waals surface area contributed by atoms with Gasteiger partial charge in [-0.15, -0.1) is 36.2 Å². The number of benzene rings is 1. The zero-order chi connectivity index (χ0) is 26.9. The number of carbonyl (C=O) groups excluding carboxylic acids is 1.